The number of ether oxygens (including phenoxy) is 3. The lowest BCUT2D eigenvalue weighted by Crippen LogP contribution is -2.64. The Balaban J connectivity index is 1.17. The largest absolute Gasteiger partial charge is 0.464 e. The number of esters is 1. The van der Waals surface area contributed by atoms with E-state index in [1.165, 1.54) is 38.7 Å². The van der Waals surface area contributed by atoms with Crippen LogP contribution < -0.4 is 11.2 Å². The number of pyridine rings is 1. The van der Waals surface area contributed by atoms with Crippen LogP contribution in [0.2, 0.25) is 0 Å². The number of hydrogen-bond acceptors (Lipinski definition) is 11. The van der Waals surface area contributed by atoms with Gasteiger partial charge in [-0.05, 0) is 80.2 Å². The predicted octanol–water partition coefficient (Wildman–Crippen LogP) is 6.37. The summed E-state index contributed by atoms with van der Waals surface area (Å²) in [5.74, 6) is -0.315. The number of rotatable bonds is 5. The monoisotopic (exact) mass is 809 g/mol. The number of fused-ring (bicyclic) bond motifs is 8. The molecule has 4 saturated heterocycles. The zero-order chi connectivity index (χ0) is 40.5. The number of aryl methyl sites for hydroxylation is 1. The van der Waals surface area contributed by atoms with Gasteiger partial charge < -0.3 is 24.5 Å². The van der Waals surface area contributed by atoms with Crippen LogP contribution >= 0.6 is 11.3 Å². The Morgan fingerprint density at radius 3 is 2.50 bits per heavy atom. The van der Waals surface area contributed by atoms with Gasteiger partial charge in [0.15, 0.2) is 0 Å². The first-order valence-corrected chi connectivity index (χ1v) is 22.3. The molecule has 3 aromatic heterocycles. The second-order valence-corrected chi connectivity index (χ2v) is 19.3. The molecule has 12 nitrogen and oxygen atoms in total. The molecule has 0 saturated carbocycles. The molecule has 8 bridgehead atoms. The van der Waals surface area contributed by atoms with Crippen molar-refractivity contribution in [2.24, 2.45) is 11.1 Å². The van der Waals surface area contributed by atoms with Crippen LogP contribution in [-0.2, 0) is 36.8 Å². The maximum atomic E-state index is 13.7. The average molecular weight is 810 g/mol. The summed E-state index contributed by atoms with van der Waals surface area (Å²) in [5.41, 5.74) is 18.4. The number of carbonyl (C=O) groups is 2. The van der Waals surface area contributed by atoms with Crippen LogP contribution in [0.25, 0.3) is 33.4 Å². The van der Waals surface area contributed by atoms with Crippen molar-refractivity contribution >= 4 is 34.1 Å². The molecular weight excluding hydrogens is 751 g/mol. The van der Waals surface area contributed by atoms with E-state index in [2.05, 4.69) is 85.4 Å². The number of nitrogens with one attached hydrogen (secondary N) is 1. The molecule has 3 N–H and O–H groups in total. The van der Waals surface area contributed by atoms with Gasteiger partial charge in [0.2, 0.25) is 0 Å². The number of thiazole rings is 1. The minimum absolute atomic E-state index is 0.202. The molecule has 5 aliphatic heterocycles. The molecular formula is C45H59N7O5S. The first-order chi connectivity index (χ1) is 27.9. The molecule has 0 spiro atoms. The van der Waals surface area contributed by atoms with E-state index in [4.69, 9.17) is 29.9 Å². The molecule has 5 aliphatic rings. The second-order valence-electron chi connectivity index (χ2n) is 18.5. The van der Waals surface area contributed by atoms with E-state index in [0.717, 1.165) is 78.7 Å². The molecule has 9 rings (SSSR count). The highest BCUT2D eigenvalue weighted by Gasteiger charge is 2.45. The van der Waals surface area contributed by atoms with Crippen molar-refractivity contribution in [2.45, 2.75) is 128 Å². The maximum absolute atomic E-state index is 13.7. The first kappa shape index (κ1) is 39.7. The number of morpholine rings is 1. The van der Waals surface area contributed by atoms with Crippen molar-refractivity contribution in [1.29, 1.82) is 0 Å². The predicted molar refractivity (Wildman–Crippen MR) is 226 cm³/mol. The van der Waals surface area contributed by atoms with Crippen molar-refractivity contribution in [3.05, 3.63) is 57.7 Å². The summed E-state index contributed by atoms with van der Waals surface area (Å²) in [7, 11) is 0. The number of hydrogen-bond donors (Lipinski definition) is 2. The van der Waals surface area contributed by atoms with Crippen molar-refractivity contribution < 1.29 is 23.8 Å². The standard InChI is InChI=1S/C45H59N7O5S/c1-7-50-38-11-10-27-15-33(38)35(17-45(5,6)24-57-44(54)36-9-8-12-51(49-36)43(53)39(46)26(4)42-48-37(27)23-58-42)41(50)34-16-29(18-47-40(34)25(2)3)28-13-30-19-55-20-31(14-28)52(30)32-21-56-22-32/h10-11,15-16,18,23,25-26,28,30-32,36,39,49H,7-9,12-14,17,19-22,24,46H2,1-6H3/t26-,28?,30-,31+,36-,39-/m0/s1. The highest BCUT2D eigenvalue weighted by molar-refractivity contribution is 7.10. The SMILES string of the molecule is CCn1c(-c2cc(C3C[C@H]4COC[C@@H](C3)N4C3COC3)cnc2C(C)C)c2c3cc(ccc31)-c1csc(n1)[C@@H](C)[C@H](N)C(=O)N1CCC[C@H](N1)C(=O)OCC(C)(C)C2. The zero-order valence-corrected chi connectivity index (χ0v) is 35.6. The summed E-state index contributed by atoms with van der Waals surface area (Å²) in [6, 6.07) is 8.97. The summed E-state index contributed by atoms with van der Waals surface area (Å²) < 4.78 is 20.3. The van der Waals surface area contributed by atoms with Crippen LogP contribution in [0.3, 0.4) is 0 Å². The van der Waals surface area contributed by atoms with Crippen molar-refractivity contribution in [2.75, 3.05) is 39.6 Å². The number of benzene rings is 1. The molecule has 310 valence electrons. The van der Waals surface area contributed by atoms with Gasteiger partial charge in [-0.15, -0.1) is 11.3 Å². The van der Waals surface area contributed by atoms with Crippen molar-refractivity contribution in [1.82, 2.24) is 29.9 Å². The minimum atomic E-state index is -0.813. The van der Waals surface area contributed by atoms with Crippen LogP contribution in [-0.4, -0.2) is 106 Å². The summed E-state index contributed by atoms with van der Waals surface area (Å²) in [6.45, 7) is 17.7. The van der Waals surface area contributed by atoms with Gasteiger partial charge in [0.05, 0.1) is 67.2 Å². The van der Waals surface area contributed by atoms with Gasteiger partial charge >= 0.3 is 5.97 Å². The van der Waals surface area contributed by atoms with E-state index in [1.807, 2.05) is 6.92 Å². The fourth-order valence-electron chi connectivity index (χ4n) is 10.2. The second kappa shape index (κ2) is 15.7. The third-order valence-corrected chi connectivity index (χ3v) is 14.4. The van der Waals surface area contributed by atoms with E-state index in [0.29, 0.717) is 49.9 Å². The van der Waals surface area contributed by atoms with Gasteiger partial charge in [-0.3, -0.25) is 24.5 Å². The number of cyclic esters (lactones) is 1. The molecule has 4 fully saturated rings. The van der Waals surface area contributed by atoms with Gasteiger partial charge in [-0.25, -0.2) is 10.4 Å². The number of nitrogens with two attached hydrogens (primary N) is 1. The van der Waals surface area contributed by atoms with Crippen LogP contribution in [0.5, 0.6) is 0 Å². The van der Waals surface area contributed by atoms with Gasteiger partial charge in [0.1, 0.15) is 6.04 Å². The molecule has 0 radical (unpaired) electrons. The third-order valence-electron chi connectivity index (χ3n) is 13.3. The van der Waals surface area contributed by atoms with E-state index in [9.17, 15) is 9.59 Å². The topological polar surface area (TPSA) is 137 Å². The highest BCUT2D eigenvalue weighted by atomic mass is 32.1. The fraction of sp³-hybridized carbons (Fsp3) is 0.600. The van der Waals surface area contributed by atoms with Gasteiger partial charge in [-0.2, -0.15) is 0 Å². The van der Waals surface area contributed by atoms with E-state index in [-0.39, 0.29) is 30.3 Å². The normalized spacial score (nSPS) is 28.4. The molecule has 58 heavy (non-hydrogen) atoms. The quantitative estimate of drug-likeness (QED) is 0.219. The van der Waals surface area contributed by atoms with E-state index < -0.39 is 17.5 Å². The lowest BCUT2D eigenvalue weighted by Gasteiger charge is -2.53. The van der Waals surface area contributed by atoms with Crippen LogP contribution in [0.15, 0.2) is 35.8 Å². The Morgan fingerprint density at radius 2 is 1.79 bits per heavy atom. The van der Waals surface area contributed by atoms with E-state index in [1.54, 1.807) is 0 Å². The Labute approximate surface area is 345 Å². The van der Waals surface area contributed by atoms with Gasteiger partial charge in [0.25, 0.3) is 5.91 Å². The molecule has 1 amide bonds. The Kier molecular flexibility index (Phi) is 10.8. The summed E-state index contributed by atoms with van der Waals surface area (Å²) >= 11 is 1.54. The smallest absolute Gasteiger partial charge is 0.324 e. The number of piperidine rings is 1. The first-order valence-electron chi connectivity index (χ1n) is 21.4. The zero-order valence-electron chi connectivity index (χ0n) is 34.8. The van der Waals surface area contributed by atoms with E-state index >= 15 is 0 Å². The minimum Gasteiger partial charge on any atom is -0.464 e. The molecule has 1 aromatic carbocycles. The van der Waals surface area contributed by atoms with Gasteiger partial charge in [-0.1, -0.05) is 40.7 Å². The van der Waals surface area contributed by atoms with Crippen LogP contribution in [0.1, 0.15) is 107 Å². The third kappa shape index (κ3) is 7.19. The average Bonchev–Trinajstić information content (AvgIpc) is 3.80. The van der Waals surface area contributed by atoms with Gasteiger partial charge in [0, 0.05) is 70.1 Å². The molecule has 4 aromatic rings. The lowest BCUT2D eigenvalue weighted by molar-refractivity contribution is -0.159. The summed E-state index contributed by atoms with van der Waals surface area (Å²) in [4.78, 5) is 40.4. The molecule has 1 unspecified atom stereocenters. The Hall–Kier alpha value is -3.72. The number of hydrazine groups is 1. The Morgan fingerprint density at radius 1 is 1.05 bits per heavy atom. The maximum Gasteiger partial charge on any atom is 0.324 e. The summed E-state index contributed by atoms with van der Waals surface area (Å²) in [6.07, 6.45) is 6.18. The molecule has 13 heteroatoms. The summed E-state index contributed by atoms with van der Waals surface area (Å²) in [5, 5.41) is 5.57. The number of aromatic nitrogens is 3. The Bertz CT molecular complexity index is 2180. The number of amides is 1. The fourth-order valence-corrected chi connectivity index (χ4v) is 11.1. The van der Waals surface area contributed by atoms with Crippen LogP contribution in [0.4, 0.5) is 0 Å². The molecule has 6 atom stereocenters. The van der Waals surface area contributed by atoms with Crippen molar-refractivity contribution in [3.63, 3.8) is 0 Å². The van der Waals surface area contributed by atoms with Crippen molar-refractivity contribution in [3.8, 4) is 22.5 Å². The number of carbonyl (C=O) groups excluding carboxylic acids is 2. The number of nitrogens with zero attached hydrogens (tertiary/aromatic N) is 5. The lowest BCUT2D eigenvalue weighted by atomic mass is 9.79. The van der Waals surface area contributed by atoms with Crippen LogP contribution in [0, 0.1) is 5.41 Å². The molecule has 0 aliphatic carbocycles. The highest BCUT2D eigenvalue weighted by Crippen LogP contribution is 2.45. The molecule has 8 heterocycles.